The van der Waals surface area contributed by atoms with E-state index in [1.165, 1.54) is 11.8 Å². The zero-order valence-corrected chi connectivity index (χ0v) is 10.1. The van der Waals surface area contributed by atoms with E-state index in [1.807, 2.05) is 36.4 Å². The largest absolute Gasteiger partial charge is 0.335 e. The van der Waals surface area contributed by atoms with Crippen molar-refractivity contribution in [1.82, 2.24) is 5.32 Å². The van der Waals surface area contributed by atoms with Gasteiger partial charge in [-0.25, -0.2) is 4.79 Å². The number of urea groups is 1. The molecule has 2 aromatic rings. The van der Waals surface area contributed by atoms with Gasteiger partial charge >= 0.3 is 6.03 Å². The van der Waals surface area contributed by atoms with Crippen LogP contribution in [0.4, 0.5) is 10.5 Å². The van der Waals surface area contributed by atoms with Gasteiger partial charge in [0.2, 0.25) is 0 Å². The lowest BCUT2D eigenvalue weighted by atomic mass is 9.93. The third kappa shape index (κ3) is 2.30. The van der Waals surface area contributed by atoms with Crippen molar-refractivity contribution in [2.45, 2.75) is 25.3 Å². The molecule has 1 saturated carbocycles. The van der Waals surface area contributed by atoms with Crippen LogP contribution in [0.15, 0.2) is 42.5 Å². The highest BCUT2D eigenvalue weighted by molar-refractivity contribution is 5.93. The molecule has 18 heavy (non-hydrogen) atoms. The van der Waals surface area contributed by atoms with E-state index >= 15 is 0 Å². The SMILES string of the molecule is O=C(Nc1ccc2ccccc2c1)NC1CCC1. The van der Waals surface area contributed by atoms with E-state index in [0.717, 1.165) is 23.9 Å². The molecule has 0 radical (unpaired) electrons. The number of benzene rings is 2. The van der Waals surface area contributed by atoms with Crippen LogP contribution in [0.2, 0.25) is 0 Å². The van der Waals surface area contributed by atoms with Crippen LogP contribution in [0, 0.1) is 0 Å². The fourth-order valence-corrected chi connectivity index (χ4v) is 2.17. The second-order valence-electron chi connectivity index (χ2n) is 4.79. The topological polar surface area (TPSA) is 41.1 Å². The van der Waals surface area contributed by atoms with Crippen molar-refractivity contribution in [3.8, 4) is 0 Å². The summed E-state index contributed by atoms with van der Waals surface area (Å²) in [6.07, 6.45) is 3.43. The molecule has 2 aromatic carbocycles. The molecule has 0 saturated heterocycles. The molecule has 1 aliphatic carbocycles. The third-order valence-electron chi connectivity index (χ3n) is 3.45. The van der Waals surface area contributed by atoms with Crippen LogP contribution in [-0.4, -0.2) is 12.1 Å². The predicted octanol–water partition coefficient (Wildman–Crippen LogP) is 3.51. The quantitative estimate of drug-likeness (QED) is 0.828. The van der Waals surface area contributed by atoms with Crippen LogP contribution in [-0.2, 0) is 0 Å². The van der Waals surface area contributed by atoms with Crippen LogP contribution in [0.25, 0.3) is 10.8 Å². The number of fused-ring (bicyclic) bond motifs is 1. The number of nitrogens with one attached hydrogen (secondary N) is 2. The molecule has 1 aliphatic rings. The number of hydrogen-bond donors (Lipinski definition) is 2. The molecular weight excluding hydrogens is 224 g/mol. The summed E-state index contributed by atoms with van der Waals surface area (Å²) in [5.41, 5.74) is 0.838. The Balaban J connectivity index is 1.71. The number of carbonyl (C=O) groups excluding carboxylic acids is 1. The predicted molar refractivity (Wildman–Crippen MR) is 73.7 cm³/mol. The minimum Gasteiger partial charge on any atom is -0.335 e. The van der Waals surface area contributed by atoms with Gasteiger partial charge in [0, 0.05) is 11.7 Å². The van der Waals surface area contributed by atoms with Gasteiger partial charge in [0.05, 0.1) is 0 Å². The van der Waals surface area contributed by atoms with Crippen molar-refractivity contribution < 1.29 is 4.79 Å². The Hall–Kier alpha value is -2.03. The lowest BCUT2D eigenvalue weighted by Gasteiger charge is -2.26. The van der Waals surface area contributed by atoms with Gasteiger partial charge in [0.1, 0.15) is 0 Å². The number of anilines is 1. The van der Waals surface area contributed by atoms with Gasteiger partial charge in [-0.2, -0.15) is 0 Å². The van der Waals surface area contributed by atoms with E-state index in [4.69, 9.17) is 0 Å². The van der Waals surface area contributed by atoms with Gasteiger partial charge in [-0.3, -0.25) is 0 Å². The highest BCUT2D eigenvalue weighted by Gasteiger charge is 2.19. The second kappa shape index (κ2) is 4.69. The first-order chi connectivity index (χ1) is 8.81. The van der Waals surface area contributed by atoms with Gasteiger partial charge in [-0.05, 0) is 42.2 Å². The normalized spacial score (nSPS) is 15.1. The monoisotopic (exact) mass is 240 g/mol. The van der Waals surface area contributed by atoms with E-state index in [-0.39, 0.29) is 6.03 Å². The summed E-state index contributed by atoms with van der Waals surface area (Å²) in [6, 6.07) is 14.3. The summed E-state index contributed by atoms with van der Waals surface area (Å²) in [5, 5.41) is 8.17. The van der Waals surface area contributed by atoms with Gasteiger partial charge in [0.25, 0.3) is 0 Å². The molecular formula is C15H16N2O. The first-order valence-electron chi connectivity index (χ1n) is 6.37. The summed E-state index contributed by atoms with van der Waals surface area (Å²) in [7, 11) is 0. The van der Waals surface area contributed by atoms with Crippen molar-refractivity contribution in [2.24, 2.45) is 0 Å². The lowest BCUT2D eigenvalue weighted by Crippen LogP contribution is -2.41. The van der Waals surface area contributed by atoms with Crippen LogP contribution in [0.5, 0.6) is 0 Å². The molecule has 3 rings (SSSR count). The highest BCUT2D eigenvalue weighted by atomic mass is 16.2. The number of rotatable bonds is 2. The fourth-order valence-electron chi connectivity index (χ4n) is 2.17. The number of carbonyl (C=O) groups is 1. The molecule has 0 atom stereocenters. The van der Waals surface area contributed by atoms with Gasteiger partial charge in [0.15, 0.2) is 0 Å². The molecule has 92 valence electrons. The Morgan fingerprint density at radius 1 is 1.06 bits per heavy atom. The summed E-state index contributed by atoms with van der Waals surface area (Å²) < 4.78 is 0. The van der Waals surface area contributed by atoms with Crippen LogP contribution >= 0.6 is 0 Å². The Kier molecular flexibility index (Phi) is 2.89. The van der Waals surface area contributed by atoms with Gasteiger partial charge in [-0.15, -0.1) is 0 Å². The summed E-state index contributed by atoms with van der Waals surface area (Å²) in [5.74, 6) is 0. The molecule has 1 fully saturated rings. The molecule has 0 unspecified atom stereocenters. The maximum absolute atomic E-state index is 11.7. The summed E-state index contributed by atoms with van der Waals surface area (Å²) >= 11 is 0. The van der Waals surface area contributed by atoms with E-state index in [0.29, 0.717) is 6.04 Å². The molecule has 2 N–H and O–H groups in total. The van der Waals surface area contributed by atoms with Crippen molar-refractivity contribution in [3.63, 3.8) is 0 Å². The molecule has 3 heteroatoms. The Morgan fingerprint density at radius 2 is 1.83 bits per heavy atom. The number of amides is 2. The Morgan fingerprint density at radius 3 is 2.56 bits per heavy atom. The molecule has 0 heterocycles. The zero-order valence-electron chi connectivity index (χ0n) is 10.1. The first-order valence-corrected chi connectivity index (χ1v) is 6.37. The number of hydrogen-bond acceptors (Lipinski definition) is 1. The average molecular weight is 240 g/mol. The summed E-state index contributed by atoms with van der Waals surface area (Å²) in [6.45, 7) is 0. The van der Waals surface area contributed by atoms with Crippen molar-refractivity contribution >= 4 is 22.5 Å². The van der Waals surface area contributed by atoms with Crippen molar-refractivity contribution in [1.29, 1.82) is 0 Å². The van der Waals surface area contributed by atoms with Gasteiger partial charge < -0.3 is 10.6 Å². The molecule has 0 spiro atoms. The fraction of sp³-hybridized carbons (Fsp3) is 0.267. The third-order valence-corrected chi connectivity index (χ3v) is 3.45. The maximum Gasteiger partial charge on any atom is 0.319 e. The standard InChI is InChI=1S/C15H16N2O/c18-15(16-13-6-3-7-13)17-14-9-8-11-4-1-2-5-12(11)10-14/h1-2,4-5,8-10,13H,3,6-7H2,(H2,16,17,18). The van der Waals surface area contributed by atoms with E-state index < -0.39 is 0 Å². The molecule has 2 amide bonds. The zero-order chi connectivity index (χ0) is 12.4. The molecule has 0 aliphatic heterocycles. The van der Waals surface area contributed by atoms with Crippen LogP contribution in [0.1, 0.15) is 19.3 Å². The highest BCUT2D eigenvalue weighted by Crippen LogP contribution is 2.20. The van der Waals surface area contributed by atoms with Gasteiger partial charge in [-0.1, -0.05) is 30.3 Å². The minimum atomic E-state index is -0.102. The van der Waals surface area contributed by atoms with E-state index in [9.17, 15) is 4.79 Å². The van der Waals surface area contributed by atoms with Crippen molar-refractivity contribution in [3.05, 3.63) is 42.5 Å². The maximum atomic E-state index is 11.7. The molecule has 0 aromatic heterocycles. The van der Waals surface area contributed by atoms with E-state index in [2.05, 4.69) is 16.7 Å². The molecule has 0 bridgehead atoms. The second-order valence-corrected chi connectivity index (χ2v) is 4.79. The lowest BCUT2D eigenvalue weighted by molar-refractivity contribution is 0.240. The first kappa shape index (κ1) is 11.1. The molecule has 3 nitrogen and oxygen atoms in total. The van der Waals surface area contributed by atoms with Crippen molar-refractivity contribution in [2.75, 3.05) is 5.32 Å². The van der Waals surface area contributed by atoms with E-state index in [1.54, 1.807) is 0 Å². The summed E-state index contributed by atoms with van der Waals surface area (Å²) in [4.78, 5) is 11.7. The minimum absolute atomic E-state index is 0.102. The smallest absolute Gasteiger partial charge is 0.319 e. The van der Waals surface area contributed by atoms with Crippen LogP contribution in [0.3, 0.4) is 0 Å². The Labute approximate surface area is 106 Å². The Bertz CT molecular complexity index is 575. The average Bonchev–Trinajstić information content (AvgIpc) is 2.34. The van der Waals surface area contributed by atoms with Crippen LogP contribution < -0.4 is 10.6 Å².